The summed E-state index contributed by atoms with van der Waals surface area (Å²) in [6, 6.07) is 10.4. The Morgan fingerprint density at radius 3 is 2.96 bits per heavy atom. The van der Waals surface area contributed by atoms with Crippen LogP contribution in [0.4, 0.5) is 0 Å². The summed E-state index contributed by atoms with van der Waals surface area (Å²) in [4.78, 5) is 4.56. The van der Waals surface area contributed by atoms with E-state index in [0.717, 1.165) is 48.8 Å². The molecule has 1 aliphatic rings. The van der Waals surface area contributed by atoms with Crippen molar-refractivity contribution in [1.82, 2.24) is 35.1 Å². The molecule has 0 bridgehead atoms. The summed E-state index contributed by atoms with van der Waals surface area (Å²) in [6.07, 6.45) is 4.91. The fourth-order valence-electron chi connectivity index (χ4n) is 3.01. The first-order valence-corrected chi connectivity index (χ1v) is 8.44. The van der Waals surface area contributed by atoms with Gasteiger partial charge in [-0.05, 0) is 18.6 Å². The first kappa shape index (κ1) is 15.0. The Morgan fingerprint density at radius 2 is 2.12 bits per heavy atom. The first-order valence-electron chi connectivity index (χ1n) is 8.44. The topological polar surface area (TPSA) is 73.5 Å². The molecule has 0 saturated carbocycles. The largest absolute Gasteiger partial charge is 0.306 e. The molecule has 3 heterocycles. The van der Waals surface area contributed by atoms with Gasteiger partial charge in [-0.2, -0.15) is 5.10 Å². The highest BCUT2D eigenvalue weighted by Crippen LogP contribution is 2.14. The van der Waals surface area contributed by atoms with Gasteiger partial charge in [0.25, 0.3) is 0 Å². The lowest BCUT2D eigenvalue weighted by molar-refractivity contribution is 0.356. The minimum atomic E-state index is 0.394. The van der Waals surface area contributed by atoms with Crippen LogP contribution in [0, 0.1) is 0 Å². The molecule has 124 valence electrons. The van der Waals surface area contributed by atoms with Crippen LogP contribution in [0.5, 0.6) is 0 Å². The molecule has 0 unspecified atom stereocenters. The Kier molecular flexibility index (Phi) is 4.08. The molecule has 0 saturated heterocycles. The Balaban J connectivity index is 1.37. The number of nitrogens with one attached hydrogen (secondary N) is 1. The maximum absolute atomic E-state index is 4.56. The van der Waals surface area contributed by atoms with Gasteiger partial charge in [0, 0.05) is 25.4 Å². The molecular formula is C17H21N7. The predicted octanol–water partition coefficient (Wildman–Crippen LogP) is 1.53. The average Bonchev–Trinajstić information content (AvgIpc) is 3.27. The summed E-state index contributed by atoms with van der Waals surface area (Å²) in [6.45, 7) is 3.67. The lowest BCUT2D eigenvalue weighted by Gasteiger charge is -2.23. The molecule has 4 rings (SSSR count). The second kappa shape index (κ2) is 6.52. The van der Waals surface area contributed by atoms with Crippen molar-refractivity contribution < 1.29 is 0 Å². The van der Waals surface area contributed by atoms with Crippen molar-refractivity contribution in [2.75, 3.05) is 0 Å². The van der Waals surface area contributed by atoms with Crippen LogP contribution in [0.3, 0.4) is 0 Å². The SMILES string of the molecule is CCc1nc2n(n1)C[C@H](NCc1cn(-c3ccccc3)nn1)CC2. The number of rotatable bonds is 5. The number of fused-ring (bicyclic) bond motifs is 1. The van der Waals surface area contributed by atoms with E-state index in [0.29, 0.717) is 12.6 Å². The molecule has 0 amide bonds. The molecule has 1 N–H and O–H groups in total. The minimum absolute atomic E-state index is 0.394. The third-order valence-electron chi connectivity index (χ3n) is 4.35. The van der Waals surface area contributed by atoms with Crippen LogP contribution < -0.4 is 5.32 Å². The van der Waals surface area contributed by atoms with Gasteiger partial charge in [-0.15, -0.1) is 5.10 Å². The Hall–Kier alpha value is -2.54. The van der Waals surface area contributed by atoms with Gasteiger partial charge < -0.3 is 5.32 Å². The van der Waals surface area contributed by atoms with Crippen LogP contribution in [0.2, 0.25) is 0 Å². The third-order valence-corrected chi connectivity index (χ3v) is 4.35. The molecule has 3 aromatic rings. The highest BCUT2D eigenvalue weighted by Gasteiger charge is 2.21. The van der Waals surface area contributed by atoms with Crippen LogP contribution in [0.15, 0.2) is 36.5 Å². The zero-order valence-electron chi connectivity index (χ0n) is 13.8. The van der Waals surface area contributed by atoms with Crippen molar-refractivity contribution in [2.24, 2.45) is 0 Å². The van der Waals surface area contributed by atoms with E-state index in [1.165, 1.54) is 0 Å². The monoisotopic (exact) mass is 323 g/mol. The van der Waals surface area contributed by atoms with Gasteiger partial charge in [0.05, 0.1) is 24.1 Å². The number of aryl methyl sites for hydroxylation is 2. The van der Waals surface area contributed by atoms with E-state index in [2.05, 4.69) is 32.6 Å². The van der Waals surface area contributed by atoms with Gasteiger partial charge in [0.15, 0.2) is 5.82 Å². The van der Waals surface area contributed by atoms with Crippen LogP contribution in [0.1, 0.15) is 30.7 Å². The summed E-state index contributed by atoms with van der Waals surface area (Å²) >= 11 is 0. The minimum Gasteiger partial charge on any atom is -0.306 e. The quantitative estimate of drug-likeness (QED) is 0.771. The highest BCUT2D eigenvalue weighted by atomic mass is 15.4. The van der Waals surface area contributed by atoms with Crippen molar-refractivity contribution in [1.29, 1.82) is 0 Å². The molecule has 2 aromatic heterocycles. The van der Waals surface area contributed by atoms with E-state index < -0.39 is 0 Å². The molecule has 1 aromatic carbocycles. The smallest absolute Gasteiger partial charge is 0.150 e. The molecular weight excluding hydrogens is 302 g/mol. The van der Waals surface area contributed by atoms with E-state index in [-0.39, 0.29) is 0 Å². The van der Waals surface area contributed by atoms with Crippen molar-refractivity contribution >= 4 is 0 Å². The summed E-state index contributed by atoms with van der Waals surface area (Å²) < 4.78 is 3.85. The zero-order chi connectivity index (χ0) is 16.4. The van der Waals surface area contributed by atoms with Crippen LogP contribution >= 0.6 is 0 Å². The summed E-state index contributed by atoms with van der Waals surface area (Å²) in [5.41, 5.74) is 1.96. The van der Waals surface area contributed by atoms with Gasteiger partial charge in [0.1, 0.15) is 5.82 Å². The van der Waals surface area contributed by atoms with Gasteiger partial charge in [-0.25, -0.2) is 14.3 Å². The summed E-state index contributed by atoms with van der Waals surface area (Å²) in [7, 11) is 0. The van der Waals surface area contributed by atoms with E-state index in [1.54, 1.807) is 4.68 Å². The van der Waals surface area contributed by atoms with E-state index in [1.807, 2.05) is 41.2 Å². The maximum Gasteiger partial charge on any atom is 0.150 e. The van der Waals surface area contributed by atoms with Crippen molar-refractivity contribution in [3.63, 3.8) is 0 Å². The molecule has 0 radical (unpaired) electrons. The number of hydrogen-bond donors (Lipinski definition) is 1. The normalized spacial score (nSPS) is 17.0. The fraction of sp³-hybridized carbons (Fsp3) is 0.412. The van der Waals surface area contributed by atoms with E-state index >= 15 is 0 Å². The van der Waals surface area contributed by atoms with Crippen LogP contribution in [-0.2, 0) is 25.9 Å². The third kappa shape index (κ3) is 3.07. The number of aromatic nitrogens is 6. The molecule has 0 fully saturated rings. The van der Waals surface area contributed by atoms with Gasteiger partial charge in [-0.1, -0.05) is 30.3 Å². The lowest BCUT2D eigenvalue weighted by Crippen LogP contribution is -2.37. The first-order chi connectivity index (χ1) is 11.8. The molecule has 0 aliphatic carbocycles. The van der Waals surface area contributed by atoms with Gasteiger partial charge >= 0.3 is 0 Å². The van der Waals surface area contributed by atoms with Crippen LogP contribution in [-0.4, -0.2) is 35.8 Å². The van der Waals surface area contributed by atoms with E-state index in [4.69, 9.17) is 0 Å². The molecule has 1 atom stereocenters. The van der Waals surface area contributed by atoms with E-state index in [9.17, 15) is 0 Å². The zero-order valence-corrected chi connectivity index (χ0v) is 13.8. The fourth-order valence-corrected chi connectivity index (χ4v) is 3.01. The second-order valence-electron chi connectivity index (χ2n) is 6.09. The molecule has 7 nitrogen and oxygen atoms in total. The standard InChI is InChI=1S/C17H21N7/c1-2-16-19-17-9-8-13(11-24(17)21-16)18-10-14-12-23(22-20-14)15-6-4-3-5-7-15/h3-7,12-13,18H,2,8-11H2,1H3/t13-/m1/s1. The van der Waals surface area contributed by atoms with Crippen molar-refractivity contribution in [3.05, 3.63) is 53.9 Å². The highest BCUT2D eigenvalue weighted by molar-refractivity contribution is 5.29. The Morgan fingerprint density at radius 1 is 1.25 bits per heavy atom. The molecule has 0 spiro atoms. The number of benzene rings is 1. The second-order valence-corrected chi connectivity index (χ2v) is 6.09. The van der Waals surface area contributed by atoms with Crippen LogP contribution in [0.25, 0.3) is 5.69 Å². The molecule has 7 heteroatoms. The Bertz CT molecular complexity index is 805. The molecule has 24 heavy (non-hydrogen) atoms. The summed E-state index contributed by atoms with van der Waals surface area (Å²) in [5, 5.41) is 16.6. The number of para-hydroxylation sites is 1. The average molecular weight is 323 g/mol. The number of hydrogen-bond acceptors (Lipinski definition) is 5. The lowest BCUT2D eigenvalue weighted by atomic mass is 10.1. The van der Waals surface area contributed by atoms with Gasteiger partial charge in [0.2, 0.25) is 0 Å². The predicted molar refractivity (Wildman–Crippen MR) is 89.7 cm³/mol. The van der Waals surface area contributed by atoms with Crippen molar-refractivity contribution in [3.8, 4) is 5.69 Å². The number of nitrogens with zero attached hydrogens (tertiary/aromatic N) is 6. The summed E-state index contributed by atoms with van der Waals surface area (Å²) in [5.74, 6) is 2.05. The Labute approximate surface area is 140 Å². The van der Waals surface area contributed by atoms with Crippen molar-refractivity contribution in [2.45, 2.75) is 45.3 Å². The van der Waals surface area contributed by atoms with Gasteiger partial charge in [-0.3, -0.25) is 0 Å². The maximum atomic E-state index is 4.56. The molecule has 1 aliphatic heterocycles.